The number of carbonyl (C=O) groups is 3. The number of phosphoric ester groups is 1. The van der Waals surface area contributed by atoms with Gasteiger partial charge in [0.1, 0.15) is 11.9 Å². The second-order valence-corrected chi connectivity index (χ2v) is 12.0. The molecular weight excluding hydrogens is 612 g/mol. The van der Waals surface area contributed by atoms with Gasteiger partial charge in [-0.05, 0) is 30.7 Å². The van der Waals surface area contributed by atoms with Crippen LogP contribution in [0.4, 0.5) is 25.4 Å². The third-order valence-corrected chi connectivity index (χ3v) is 8.49. The number of phosphoric acid groups is 1. The summed E-state index contributed by atoms with van der Waals surface area (Å²) in [5.41, 5.74) is 3.25. The molecule has 0 radical (unpaired) electrons. The summed E-state index contributed by atoms with van der Waals surface area (Å²) < 4.78 is 55.7. The molecule has 2 aliphatic rings. The maximum absolute atomic E-state index is 15.2. The number of rotatable bonds is 12. The number of amides is 3. The molecule has 1 fully saturated rings. The Kier molecular flexibility index (Phi) is 9.83. The van der Waals surface area contributed by atoms with Gasteiger partial charge < -0.3 is 14.4 Å². The van der Waals surface area contributed by atoms with E-state index in [0.29, 0.717) is 23.7 Å². The highest BCUT2D eigenvalue weighted by Crippen LogP contribution is 2.50. The van der Waals surface area contributed by atoms with Crippen molar-refractivity contribution in [2.24, 2.45) is 7.05 Å². The molecule has 2 aromatic carbocycles. The third kappa shape index (κ3) is 7.68. The highest BCUT2D eigenvalue weighted by atomic mass is 31.2. The summed E-state index contributed by atoms with van der Waals surface area (Å²) in [6.45, 7) is 2.38. The SMILES string of the molecule is CCOP(=O)(OCOC(=O)N(C[C@H]1CN(c2ccc(N3Cc4cn(C)nc4C3)c(F)c2)C(=O)O1)C(C)=O)OCc1ccccc1. The molecule has 1 aromatic heterocycles. The molecule has 45 heavy (non-hydrogen) atoms. The van der Waals surface area contributed by atoms with Gasteiger partial charge in [-0.3, -0.25) is 23.4 Å². The summed E-state index contributed by atoms with van der Waals surface area (Å²) in [4.78, 5) is 41.5. The fourth-order valence-electron chi connectivity index (χ4n) is 4.96. The molecule has 240 valence electrons. The van der Waals surface area contributed by atoms with Gasteiger partial charge >= 0.3 is 20.0 Å². The van der Waals surface area contributed by atoms with Crippen LogP contribution in [-0.2, 0) is 59.1 Å². The van der Waals surface area contributed by atoms with Crippen LogP contribution < -0.4 is 9.80 Å². The Morgan fingerprint density at radius 2 is 1.91 bits per heavy atom. The predicted octanol–water partition coefficient (Wildman–Crippen LogP) is 4.73. The average molecular weight is 646 g/mol. The van der Waals surface area contributed by atoms with Crippen LogP contribution >= 0.6 is 7.82 Å². The summed E-state index contributed by atoms with van der Waals surface area (Å²) in [6, 6.07) is 13.3. The van der Waals surface area contributed by atoms with Crippen molar-refractivity contribution in [2.75, 3.05) is 36.3 Å². The van der Waals surface area contributed by atoms with Crippen LogP contribution in [0.5, 0.6) is 0 Å². The quantitative estimate of drug-likeness (QED) is 0.199. The van der Waals surface area contributed by atoms with Gasteiger partial charge in [-0.15, -0.1) is 0 Å². The minimum absolute atomic E-state index is 0.000139. The predicted molar refractivity (Wildman–Crippen MR) is 157 cm³/mol. The Morgan fingerprint density at radius 3 is 2.60 bits per heavy atom. The minimum atomic E-state index is -4.10. The van der Waals surface area contributed by atoms with Crippen molar-refractivity contribution in [3.8, 4) is 0 Å². The van der Waals surface area contributed by atoms with Crippen LogP contribution in [-0.4, -0.2) is 65.4 Å². The standard InChI is InChI=1S/C29H33FN5O9P/c1-4-41-45(39,42-18-21-8-6-5-7-9-21)43-19-40-28(37)34(20(2)36)15-24-16-35(29(38)44-24)23-10-11-27(25(30)12-23)33-14-22-13-32(3)31-26(22)17-33/h5-13,24H,4,14-19H2,1-3H3/t24-,45?/m0/s1. The number of cyclic esters (lactones) is 1. The van der Waals surface area contributed by atoms with Crippen LogP contribution in [0.2, 0.25) is 0 Å². The highest BCUT2D eigenvalue weighted by molar-refractivity contribution is 7.48. The molecule has 1 unspecified atom stereocenters. The molecule has 1 saturated heterocycles. The largest absolute Gasteiger partial charge is 0.478 e. The number of hydrogen-bond acceptors (Lipinski definition) is 11. The number of hydrogen-bond donors (Lipinski definition) is 0. The number of fused-ring (bicyclic) bond motifs is 1. The van der Waals surface area contributed by atoms with E-state index in [2.05, 4.69) is 5.10 Å². The van der Waals surface area contributed by atoms with Crippen LogP contribution in [0.25, 0.3) is 0 Å². The number of anilines is 2. The lowest BCUT2D eigenvalue weighted by Gasteiger charge is -2.22. The zero-order chi connectivity index (χ0) is 32.1. The molecule has 16 heteroatoms. The topological polar surface area (TPSA) is 142 Å². The third-order valence-electron chi connectivity index (χ3n) is 7.05. The second kappa shape index (κ2) is 13.8. The number of imide groups is 1. The van der Waals surface area contributed by atoms with Crippen molar-refractivity contribution in [1.82, 2.24) is 14.7 Å². The monoisotopic (exact) mass is 645 g/mol. The maximum Gasteiger partial charge on any atom is 0.478 e. The molecule has 3 amide bonds. The Labute approximate surface area is 258 Å². The molecule has 2 atom stereocenters. The van der Waals surface area contributed by atoms with Gasteiger partial charge in [-0.1, -0.05) is 30.3 Å². The van der Waals surface area contributed by atoms with Crippen molar-refractivity contribution in [3.63, 3.8) is 0 Å². The smallest absolute Gasteiger partial charge is 0.442 e. The van der Waals surface area contributed by atoms with E-state index in [1.165, 1.54) is 11.0 Å². The molecular formula is C29H33FN5O9P. The Hall–Kier alpha value is -4.30. The van der Waals surface area contributed by atoms with E-state index >= 15 is 4.39 Å². The maximum atomic E-state index is 15.2. The van der Waals surface area contributed by atoms with E-state index in [1.807, 2.05) is 24.2 Å². The number of ether oxygens (including phenoxy) is 2. The van der Waals surface area contributed by atoms with E-state index in [1.54, 1.807) is 48.0 Å². The fourth-order valence-corrected chi connectivity index (χ4v) is 5.99. The van der Waals surface area contributed by atoms with Crippen LogP contribution in [0, 0.1) is 5.82 Å². The molecule has 14 nitrogen and oxygen atoms in total. The van der Waals surface area contributed by atoms with Gasteiger partial charge in [0.05, 0.1) is 49.9 Å². The molecule has 0 aliphatic carbocycles. The van der Waals surface area contributed by atoms with Gasteiger partial charge in [0.25, 0.3) is 0 Å². The number of nitrogens with zero attached hydrogens (tertiary/aromatic N) is 5. The highest BCUT2D eigenvalue weighted by Gasteiger charge is 2.37. The molecule has 3 aromatic rings. The first-order chi connectivity index (χ1) is 21.5. The molecule has 0 saturated carbocycles. The molecule has 0 bridgehead atoms. The summed E-state index contributed by atoms with van der Waals surface area (Å²) >= 11 is 0. The Bertz CT molecular complexity index is 1580. The first-order valence-corrected chi connectivity index (χ1v) is 15.6. The van der Waals surface area contributed by atoms with Crippen molar-refractivity contribution in [2.45, 2.75) is 39.6 Å². The van der Waals surface area contributed by atoms with E-state index in [0.717, 1.165) is 23.7 Å². The van der Waals surface area contributed by atoms with Crippen LogP contribution in [0.1, 0.15) is 30.7 Å². The molecule has 3 heterocycles. The van der Waals surface area contributed by atoms with Crippen LogP contribution in [0.3, 0.4) is 0 Å². The van der Waals surface area contributed by atoms with Gasteiger partial charge in [0.15, 0.2) is 0 Å². The lowest BCUT2D eigenvalue weighted by molar-refractivity contribution is -0.128. The summed E-state index contributed by atoms with van der Waals surface area (Å²) in [5.74, 6) is -1.22. The Balaban J connectivity index is 1.15. The van der Waals surface area contributed by atoms with Gasteiger partial charge in [0.2, 0.25) is 12.7 Å². The fraction of sp³-hybridized carbons (Fsp3) is 0.379. The van der Waals surface area contributed by atoms with Gasteiger partial charge in [0, 0.05) is 32.3 Å². The van der Waals surface area contributed by atoms with E-state index in [-0.39, 0.29) is 32.0 Å². The summed E-state index contributed by atoms with van der Waals surface area (Å²) in [6.07, 6.45) is -0.921. The number of benzene rings is 2. The first kappa shape index (κ1) is 32.1. The van der Waals surface area contributed by atoms with Crippen molar-refractivity contribution in [3.05, 3.63) is 77.4 Å². The number of carbonyl (C=O) groups excluding carboxylic acids is 3. The molecule has 5 rings (SSSR count). The van der Waals surface area contributed by atoms with E-state index in [4.69, 9.17) is 23.0 Å². The molecule has 0 N–H and O–H groups in total. The zero-order valence-corrected chi connectivity index (χ0v) is 25.9. The van der Waals surface area contributed by atoms with Crippen molar-refractivity contribution >= 4 is 37.3 Å². The minimum Gasteiger partial charge on any atom is -0.442 e. The van der Waals surface area contributed by atoms with Gasteiger partial charge in [-0.25, -0.2) is 28.0 Å². The number of aromatic nitrogens is 2. The second-order valence-electron chi connectivity index (χ2n) is 10.3. The van der Waals surface area contributed by atoms with E-state index < -0.39 is 44.6 Å². The molecule has 0 spiro atoms. The van der Waals surface area contributed by atoms with Crippen LogP contribution in [0.15, 0.2) is 54.7 Å². The lowest BCUT2D eigenvalue weighted by atomic mass is 10.2. The van der Waals surface area contributed by atoms with Gasteiger partial charge in [-0.2, -0.15) is 5.10 Å². The normalized spacial score (nSPS) is 17.2. The molecule has 2 aliphatic heterocycles. The van der Waals surface area contributed by atoms with Crippen molar-refractivity contribution < 1.29 is 46.4 Å². The Morgan fingerprint density at radius 1 is 1.13 bits per heavy atom. The summed E-state index contributed by atoms with van der Waals surface area (Å²) in [5, 5.41) is 4.39. The number of aryl methyl sites for hydroxylation is 1. The first-order valence-electron chi connectivity index (χ1n) is 14.1. The average Bonchev–Trinajstić information content (AvgIpc) is 3.67. The number of halogens is 1. The summed E-state index contributed by atoms with van der Waals surface area (Å²) in [7, 11) is -2.26. The van der Waals surface area contributed by atoms with E-state index in [9.17, 15) is 18.9 Å². The lowest BCUT2D eigenvalue weighted by Crippen LogP contribution is -2.42. The van der Waals surface area contributed by atoms with Crippen molar-refractivity contribution in [1.29, 1.82) is 0 Å². The zero-order valence-electron chi connectivity index (χ0n) is 25.0.